The number of halogens is 4. The van der Waals surface area contributed by atoms with E-state index in [9.17, 15) is 4.39 Å². The lowest BCUT2D eigenvalue weighted by Gasteiger charge is -2.11. The van der Waals surface area contributed by atoms with Crippen LogP contribution in [0.1, 0.15) is 5.56 Å². The van der Waals surface area contributed by atoms with Crippen LogP contribution in [0.5, 0.6) is 0 Å². The molecule has 0 aliphatic heterocycles. The maximum atomic E-state index is 13.0. The maximum absolute atomic E-state index is 13.0. The van der Waals surface area contributed by atoms with Gasteiger partial charge in [-0.2, -0.15) is 0 Å². The lowest BCUT2D eigenvalue weighted by atomic mass is 10.2. The SMILES string of the molecule is Fc1cccc(CNc2c(Cl)cc(Br)cc2Cl)c1. The molecule has 0 aliphatic carbocycles. The highest BCUT2D eigenvalue weighted by molar-refractivity contribution is 9.10. The van der Waals surface area contributed by atoms with E-state index in [0.29, 0.717) is 22.3 Å². The topological polar surface area (TPSA) is 12.0 Å². The second-order valence-corrected chi connectivity index (χ2v) is 5.46. The van der Waals surface area contributed by atoms with Crippen LogP contribution in [0.4, 0.5) is 10.1 Å². The van der Waals surface area contributed by atoms with Crippen molar-refractivity contribution in [1.29, 1.82) is 0 Å². The Morgan fingerprint density at radius 3 is 2.39 bits per heavy atom. The Kier molecular flexibility index (Phi) is 4.49. The summed E-state index contributed by atoms with van der Waals surface area (Å²) < 4.78 is 13.8. The largest absolute Gasteiger partial charge is 0.379 e. The van der Waals surface area contributed by atoms with Gasteiger partial charge in [0.25, 0.3) is 0 Å². The van der Waals surface area contributed by atoms with E-state index in [1.807, 2.05) is 6.07 Å². The second-order valence-electron chi connectivity index (χ2n) is 3.73. The van der Waals surface area contributed by atoms with E-state index in [2.05, 4.69) is 21.2 Å². The molecule has 0 heterocycles. The van der Waals surface area contributed by atoms with Gasteiger partial charge < -0.3 is 5.32 Å². The van der Waals surface area contributed by atoms with Crippen molar-refractivity contribution in [2.24, 2.45) is 0 Å². The molecule has 0 radical (unpaired) electrons. The molecule has 1 nitrogen and oxygen atoms in total. The molecule has 0 bridgehead atoms. The fraction of sp³-hybridized carbons (Fsp3) is 0.0769. The maximum Gasteiger partial charge on any atom is 0.123 e. The Balaban J connectivity index is 2.16. The third-order valence-corrected chi connectivity index (χ3v) is 3.42. The van der Waals surface area contributed by atoms with Gasteiger partial charge in [0.05, 0.1) is 15.7 Å². The summed E-state index contributed by atoms with van der Waals surface area (Å²) in [6.45, 7) is 0.457. The van der Waals surface area contributed by atoms with Crippen molar-refractivity contribution in [3.63, 3.8) is 0 Å². The summed E-state index contributed by atoms with van der Waals surface area (Å²) in [7, 11) is 0. The van der Waals surface area contributed by atoms with E-state index >= 15 is 0 Å². The number of hydrogen-bond donors (Lipinski definition) is 1. The van der Waals surface area contributed by atoms with Crippen molar-refractivity contribution in [1.82, 2.24) is 0 Å². The molecule has 0 aromatic heterocycles. The van der Waals surface area contributed by atoms with Gasteiger partial charge in [0, 0.05) is 11.0 Å². The molecule has 18 heavy (non-hydrogen) atoms. The minimum absolute atomic E-state index is 0.262. The number of rotatable bonds is 3. The van der Waals surface area contributed by atoms with E-state index in [-0.39, 0.29) is 5.82 Å². The van der Waals surface area contributed by atoms with Gasteiger partial charge in [-0.25, -0.2) is 4.39 Å². The Hall–Kier alpha value is -0.770. The molecule has 0 spiro atoms. The summed E-state index contributed by atoms with van der Waals surface area (Å²) in [5, 5.41) is 4.14. The zero-order chi connectivity index (χ0) is 13.1. The quantitative estimate of drug-likeness (QED) is 0.771. The van der Waals surface area contributed by atoms with Crippen LogP contribution >= 0.6 is 39.1 Å². The summed E-state index contributed by atoms with van der Waals surface area (Å²) in [5.41, 5.74) is 1.47. The van der Waals surface area contributed by atoms with Gasteiger partial charge in [0.2, 0.25) is 0 Å². The van der Waals surface area contributed by atoms with E-state index in [4.69, 9.17) is 23.2 Å². The fourth-order valence-electron chi connectivity index (χ4n) is 1.55. The zero-order valence-corrected chi connectivity index (χ0v) is 12.3. The van der Waals surface area contributed by atoms with Crippen molar-refractivity contribution in [3.05, 3.63) is 62.3 Å². The van der Waals surface area contributed by atoms with Gasteiger partial charge in [0.15, 0.2) is 0 Å². The first kappa shape index (κ1) is 13.7. The Morgan fingerprint density at radius 2 is 1.78 bits per heavy atom. The summed E-state index contributed by atoms with van der Waals surface area (Å²) in [5.74, 6) is -0.262. The van der Waals surface area contributed by atoms with Gasteiger partial charge in [-0.3, -0.25) is 0 Å². The van der Waals surface area contributed by atoms with Crippen molar-refractivity contribution in [2.45, 2.75) is 6.54 Å². The molecule has 2 aromatic carbocycles. The van der Waals surface area contributed by atoms with E-state index in [0.717, 1.165) is 10.0 Å². The number of nitrogens with one attached hydrogen (secondary N) is 1. The van der Waals surface area contributed by atoms with Gasteiger partial charge in [-0.1, -0.05) is 51.3 Å². The Labute approximate surface area is 123 Å². The summed E-state index contributed by atoms with van der Waals surface area (Å²) in [6.07, 6.45) is 0. The summed E-state index contributed by atoms with van der Waals surface area (Å²) >= 11 is 15.5. The number of benzene rings is 2. The van der Waals surface area contributed by atoms with Gasteiger partial charge in [-0.05, 0) is 29.8 Å². The molecule has 94 valence electrons. The van der Waals surface area contributed by atoms with Crippen molar-refractivity contribution < 1.29 is 4.39 Å². The van der Waals surface area contributed by atoms with Crippen molar-refractivity contribution >= 4 is 44.8 Å². The molecule has 0 amide bonds. The third-order valence-electron chi connectivity index (χ3n) is 2.37. The monoisotopic (exact) mass is 347 g/mol. The summed E-state index contributed by atoms with van der Waals surface area (Å²) in [4.78, 5) is 0. The average Bonchev–Trinajstić information content (AvgIpc) is 2.27. The molecule has 0 unspecified atom stereocenters. The first-order chi connectivity index (χ1) is 8.56. The van der Waals surface area contributed by atoms with Crippen LogP contribution in [0.2, 0.25) is 10.0 Å². The minimum Gasteiger partial charge on any atom is -0.379 e. The summed E-state index contributed by atoms with van der Waals surface area (Å²) in [6, 6.07) is 9.87. The van der Waals surface area contributed by atoms with Crippen LogP contribution in [0, 0.1) is 5.82 Å². The molecule has 0 saturated carbocycles. The molecular weight excluding hydrogens is 340 g/mol. The van der Waals surface area contributed by atoms with E-state index < -0.39 is 0 Å². The van der Waals surface area contributed by atoms with Crippen LogP contribution in [0.25, 0.3) is 0 Å². The smallest absolute Gasteiger partial charge is 0.123 e. The zero-order valence-electron chi connectivity index (χ0n) is 9.18. The lowest BCUT2D eigenvalue weighted by molar-refractivity contribution is 0.626. The Bertz CT molecular complexity index is 552. The standard InChI is InChI=1S/C13H9BrCl2FN/c14-9-5-11(15)13(12(16)6-9)18-7-8-2-1-3-10(17)4-8/h1-6,18H,7H2. The number of hydrogen-bond acceptors (Lipinski definition) is 1. The molecule has 0 saturated heterocycles. The van der Waals surface area contributed by atoms with Gasteiger partial charge >= 0.3 is 0 Å². The molecule has 2 aromatic rings. The minimum atomic E-state index is -0.262. The second kappa shape index (κ2) is 5.91. The molecule has 1 N–H and O–H groups in total. The predicted molar refractivity (Wildman–Crippen MR) is 77.9 cm³/mol. The fourth-order valence-corrected chi connectivity index (χ4v) is 2.89. The van der Waals surface area contributed by atoms with Crippen LogP contribution in [0.3, 0.4) is 0 Å². The molecule has 2 rings (SSSR count). The molecule has 5 heteroatoms. The number of anilines is 1. The normalized spacial score (nSPS) is 10.4. The average molecular weight is 349 g/mol. The van der Waals surface area contributed by atoms with Crippen molar-refractivity contribution in [3.8, 4) is 0 Å². The van der Waals surface area contributed by atoms with Crippen LogP contribution in [0.15, 0.2) is 40.9 Å². The molecule has 0 fully saturated rings. The van der Waals surface area contributed by atoms with E-state index in [1.165, 1.54) is 12.1 Å². The molecular formula is C13H9BrCl2FN. The van der Waals surface area contributed by atoms with E-state index in [1.54, 1.807) is 18.2 Å². The lowest BCUT2D eigenvalue weighted by Crippen LogP contribution is -2.01. The van der Waals surface area contributed by atoms with Crippen LogP contribution < -0.4 is 5.32 Å². The first-order valence-corrected chi connectivity index (χ1v) is 6.74. The van der Waals surface area contributed by atoms with Gasteiger partial charge in [0.1, 0.15) is 5.82 Å². The highest BCUT2D eigenvalue weighted by Crippen LogP contribution is 2.34. The van der Waals surface area contributed by atoms with Crippen molar-refractivity contribution in [2.75, 3.05) is 5.32 Å². The Morgan fingerprint density at radius 1 is 1.11 bits per heavy atom. The first-order valence-electron chi connectivity index (χ1n) is 5.19. The van der Waals surface area contributed by atoms with Crippen LogP contribution in [-0.4, -0.2) is 0 Å². The molecule has 0 aliphatic rings. The highest BCUT2D eigenvalue weighted by Gasteiger charge is 2.07. The highest BCUT2D eigenvalue weighted by atomic mass is 79.9. The third kappa shape index (κ3) is 3.37. The predicted octanol–water partition coefficient (Wildman–Crippen LogP) is 5.51. The van der Waals surface area contributed by atoms with Gasteiger partial charge in [-0.15, -0.1) is 0 Å². The van der Waals surface area contributed by atoms with Crippen LogP contribution in [-0.2, 0) is 6.54 Å². The molecule has 0 atom stereocenters.